The number of alkyl halides is 1. The first-order chi connectivity index (χ1) is 9.17. The molecule has 4 nitrogen and oxygen atoms in total. The molecule has 0 aliphatic rings. The third-order valence-corrected chi connectivity index (χ3v) is 2.88. The van der Waals surface area contributed by atoms with E-state index < -0.39 is 11.6 Å². The van der Waals surface area contributed by atoms with E-state index in [1.54, 1.807) is 11.7 Å². The van der Waals surface area contributed by atoms with Crippen molar-refractivity contribution < 1.29 is 13.5 Å². The van der Waals surface area contributed by atoms with E-state index in [2.05, 4.69) is 10.2 Å². The van der Waals surface area contributed by atoms with Gasteiger partial charge in [-0.15, -0.1) is 21.8 Å². The Morgan fingerprint density at radius 2 is 2.11 bits per heavy atom. The summed E-state index contributed by atoms with van der Waals surface area (Å²) in [5, 5.41) is 7.80. The van der Waals surface area contributed by atoms with Gasteiger partial charge in [0.25, 0.3) is 0 Å². The Hall–Kier alpha value is -1.53. The average molecular weight is 288 g/mol. The molecule has 0 saturated carbocycles. The van der Waals surface area contributed by atoms with Crippen LogP contribution in [-0.4, -0.2) is 28.5 Å². The fraction of sp³-hybridized carbons (Fsp3) is 0.333. The first-order valence-electron chi connectivity index (χ1n) is 5.59. The van der Waals surface area contributed by atoms with Crippen LogP contribution in [0.4, 0.5) is 8.78 Å². The van der Waals surface area contributed by atoms with E-state index in [-0.39, 0.29) is 11.4 Å². The largest absolute Gasteiger partial charge is 0.383 e. The van der Waals surface area contributed by atoms with Crippen molar-refractivity contribution in [2.45, 2.75) is 12.4 Å². The van der Waals surface area contributed by atoms with Crippen molar-refractivity contribution in [3.8, 4) is 11.4 Å². The lowest BCUT2D eigenvalue weighted by Gasteiger charge is -2.09. The summed E-state index contributed by atoms with van der Waals surface area (Å²) in [5.41, 5.74) is 0.182. The van der Waals surface area contributed by atoms with Crippen LogP contribution < -0.4 is 0 Å². The SMILES string of the molecule is COCCn1c(CCl)nnc1-c1ccc(F)cc1F. The van der Waals surface area contributed by atoms with Gasteiger partial charge in [-0.05, 0) is 12.1 Å². The Balaban J connectivity index is 2.46. The first-order valence-corrected chi connectivity index (χ1v) is 6.13. The van der Waals surface area contributed by atoms with E-state index in [0.29, 0.717) is 24.8 Å². The Morgan fingerprint density at radius 3 is 2.74 bits per heavy atom. The van der Waals surface area contributed by atoms with Gasteiger partial charge in [0.1, 0.15) is 17.5 Å². The van der Waals surface area contributed by atoms with Crippen LogP contribution in [0.5, 0.6) is 0 Å². The molecule has 0 spiro atoms. The maximum atomic E-state index is 13.8. The van der Waals surface area contributed by atoms with Crippen molar-refractivity contribution in [2.24, 2.45) is 0 Å². The highest BCUT2D eigenvalue weighted by molar-refractivity contribution is 6.16. The lowest BCUT2D eigenvalue weighted by molar-refractivity contribution is 0.187. The third kappa shape index (κ3) is 2.90. The molecular weight excluding hydrogens is 276 g/mol. The number of rotatable bonds is 5. The molecule has 2 rings (SSSR count). The lowest BCUT2D eigenvalue weighted by Crippen LogP contribution is -2.09. The van der Waals surface area contributed by atoms with E-state index in [9.17, 15) is 8.78 Å². The van der Waals surface area contributed by atoms with Crippen LogP contribution in [0.3, 0.4) is 0 Å². The summed E-state index contributed by atoms with van der Waals surface area (Å²) in [4.78, 5) is 0. The first kappa shape index (κ1) is 13.9. The smallest absolute Gasteiger partial charge is 0.167 e. The Bertz CT molecular complexity index is 574. The second kappa shape index (κ2) is 6.08. The second-order valence-corrected chi connectivity index (χ2v) is 4.11. The summed E-state index contributed by atoms with van der Waals surface area (Å²) < 4.78 is 33.3. The summed E-state index contributed by atoms with van der Waals surface area (Å²) in [5.74, 6) is -0.351. The van der Waals surface area contributed by atoms with Gasteiger partial charge in [-0.3, -0.25) is 0 Å². The van der Waals surface area contributed by atoms with Gasteiger partial charge >= 0.3 is 0 Å². The van der Waals surface area contributed by atoms with Gasteiger partial charge in [0.15, 0.2) is 5.82 Å². The number of hydrogen-bond donors (Lipinski definition) is 0. The monoisotopic (exact) mass is 287 g/mol. The standard InChI is InChI=1S/C12H12ClF2N3O/c1-19-5-4-18-11(7-13)16-17-12(18)9-3-2-8(14)6-10(9)15/h2-3,6H,4-5,7H2,1H3. The highest BCUT2D eigenvalue weighted by Gasteiger charge is 2.16. The van der Waals surface area contributed by atoms with Gasteiger partial charge in [-0.2, -0.15) is 0 Å². The molecule has 0 unspecified atom stereocenters. The molecule has 1 aromatic heterocycles. The number of hydrogen-bond acceptors (Lipinski definition) is 3. The molecule has 0 aliphatic heterocycles. The van der Waals surface area contributed by atoms with Gasteiger partial charge in [-0.25, -0.2) is 8.78 Å². The third-order valence-electron chi connectivity index (χ3n) is 2.64. The van der Waals surface area contributed by atoms with Gasteiger partial charge in [0.05, 0.1) is 18.1 Å². The number of ether oxygens (including phenoxy) is 1. The molecule has 1 heterocycles. The van der Waals surface area contributed by atoms with Crippen LogP contribution in [-0.2, 0) is 17.2 Å². The molecule has 0 fully saturated rings. The fourth-order valence-electron chi connectivity index (χ4n) is 1.72. The second-order valence-electron chi connectivity index (χ2n) is 3.84. The molecule has 0 radical (unpaired) electrons. The molecule has 0 amide bonds. The van der Waals surface area contributed by atoms with Crippen LogP contribution in [0.2, 0.25) is 0 Å². The number of benzene rings is 1. The van der Waals surface area contributed by atoms with Crippen LogP contribution in [0.15, 0.2) is 18.2 Å². The van der Waals surface area contributed by atoms with E-state index >= 15 is 0 Å². The van der Waals surface area contributed by atoms with Gasteiger partial charge in [0, 0.05) is 19.7 Å². The van der Waals surface area contributed by atoms with Crippen molar-refractivity contribution in [3.05, 3.63) is 35.7 Å². The zero-order valence-corrected chi connectivity index (χ0v) is 11.0. The zero-order chi connectivity index (χ0) is 13.8. The van der Waals surface area contributed by atoms with E-state index in [1.165, 1.54) is 12.1 Å². The highest BCUT2D eigenvalue weighted by Crippen LogP contribution is 2.23. The number of nitrogens with zero attached hydrogens (tertiary/aromatic N) is 3. The van der Waals surface area contributed by atoms with E-state index in [4.69, 9.17) is 16.3 Å². The van der Waals surface area contributed by atoms with Crippen LogP contribution in [0.1, 0.15) is 5.82 Å². The minimum atomic E-state index is -0.688. The topological polar surface area (TPSA) is 39.9 Å². The quantitative estimate of drug-likeness (QED) is 0.794. The summed E-state index contributed by atoms with van der Waals surface area (Å²) >= 11 is 5.76. The van der Waals surface area contributed by atoms with Crippen LogP contribution >= 0.6 is 11.6 Å². The fourth-order valence-corrected chi connectivity index (χ4v) is 1.92. The van der Waals surface area contributed by atoms with Gasteiger partial charge < -0.3 is 9.30 Å². The molecule has 2 aromatic rings. The molecule has 0 aliphatic carbocycles. The van der Waals surface area contributed by atoms with Crippen molar-refractivity contribution >= 4 is 11.6 Å². The molecular formula is C12H12ClF2N3O. The van der Waals surface area contributed by atoms with Crippen molar-refractivity contribution in [1.82, 2.24) is 14.8 Å². The number of aromatic nitrogens is 3. The Kier molecular flexibility index (Phi) is 4.44. The Morgan fingerprint density at radius 1 is 1.32 bits per heavy atom. The molecule has 0 atom stereocenters. The summed E-state index contributed by atoms with van der Waals surface area (Å²) in [6.45, 7) is 0.857. The zero-order valence-electron chi connectivity index (χ0n) is 10.2. The maximum Gasteiger partial charge on any atom is 0.167 e. The molecule has 102 valence electrons. The molecule has 19 heavy (non-hydrogen) atoms. The lowest BCUT2D eigenvalue weighted by atomic mass is 10.2. The van der Waals surface area contributed by atoms with Gasteiger partial charge in [0.2, 0.25) is 0 Å². The van der Waals surface area contributed by atoms with Crippen molar-refractivity contribution in [2.75, 3.05) is 13.7 Å². The molecule has 0 N–H and O–H groups in total. The Labute approximate surface area is 114 Å². The van der Waals surface area contributed by atoms with Gasteiger partial charge in [-0.1, -0.05) is 0 Å². The number of halogens is 3. The van der Waals surface area contributed by atoms with Crippen molar-refractivity contribution in [1.29, 1.82) is 0 Å². The highest BCUT2D eigenvalue weighted by atomic mass is 35.5. The van der Waals surface area contributed by atoms with Crippen LogP contribution in [0, 0.1) is 11.6 Å². The van der Waals surface area contributed by atoms with E-state index in [0.717, 1.165) is 6.07 Å². The predicted molar refractivity (Wildman–Crippen MR) is 66.8 cm³/mol. The summed E-state index contributed by atoms with van der Waals surface area (Å²) in [6.07, 6.45) is 0. The van der Waals surface area contributed by atoms with E-state index in [1.807, 2.05) is 0 Å². The van der Waals surface area contributed by atoms with Crippen LogP contribution in [0.25, 0.3) is 11.4 Å². The summed E-state index contributed by atoms with van der Waals surface area (Å²) in [7, 11) is 1.56. The molecule has 1 aromatic carbocycles. The van der Waals surface area contributed by atoms with Crippen molar-refractivity contribution in [3.63, 3.8) is 0 Å². The normalized spacial score (nSPS) is 10.9. The molecule has 0 bridgehead atoms. The molecule has 7 heteroatoms. The minimum absolute atomic E-state index is 0.152. The predicted octanol–water partition coefficient (Wildman–Crippen LogP) is 2.61. The minimum Gasteiger partial charge on any atom is -0.383 e. The number of methoxy groups -OCH3 is 1. The average Bonchev–Trinajstić information content (AvgIpc) is 2.79. The summed E-state index contributed by atoms with van der Waals surface area (Å²) in [6, 6.07) is 3.31. The maximum absolute atomic E-state index is 13.8. The molecule has 0 saturated heterocycles.